The van der Waals surface area contributed by atoms with Gasteiger partial charge in [-0.1, -0.05) is 91.0 Å². The average molecular weight is 487 g/mol. The second-order valence-corrected chi connectivity index (χ2v) is 9.52. The van der Waals surface area contributed by atoms with Gasteiger partial charge in [0.1, 0.15) is 17.1 Å². The molecule has 8 rings (SSSR count). The van der Waals surface area contributed by atoms with Crippen LogP contribution >= 0.6 is 0 Å². The molecule has 0 amide bonds. The molecule has 4 aromatic carbocycles. The van der Waals surface area contributed by atoms with Gasteiger partial charge in [0, 0.05) is 32.8 Å². The van der Waals surface area contributed by atoms with Gasteiger partial charge in [-0.3, -0.25) is 9.13 Å². The zero-order valence-corrected chi connectivity index (χ0v) is 20.5. The number of pyridine rings is 2. The van der Waals surface area contributed by atoms with Gasteiger partial charge < -0.3 is 0 Å². The molecule has 0 bridgehead atoms. The lowest BCUT2D eigenvalue weighted by atomic mass is 10.1. The molecule has 0 N–H and O–H groups in total. The van der Waals surface area contributed by atoms with Gasteiger partial charge in [-0.15, -0.1) is 0 Å². The molecule has 178 valence electrons. The summed E-state index contributed by atoms with van der Waals surface area (Å²) < 4.78 is 4.46. The molecule has 0 aliphatic rings. The standard InChI is InChI=1S/C34H22N4/c1-3-12-23(13-4-1)29-18-11-21-32(35-29)38-31-20-10-8-17-26(31)28-22-27-25-16-7-9-19-30(25)37(33(27)36-34(28)38)24-14-5-2-6-15-24/h1-22H. The lowest BCUT2D eigenvalue weighted by molar-refractivity contribution is 1.05. The van der Waals surface area contributed by atoms with E-state index >= 15 is 0 Å². The summed E-state index contributed by atoms with van der Waals surface area (Å²) in [6.45, 7) is 0. The molecule has 4 nitrogen and oxygen atoms in total. The topological polar surface area (TPSA) is 35.6 Å². The third-order valence-corrected chi connectivity index (χ3v) is 7.32. The van der Waals surface area contributed by atoms with Crippen LogP contribution in [0.15, 0.2) is 133 Å². The summed E-state index contributed by atoms with van der Waals surface area (Å²) in [5.41, 5.74) is 7.20. The monoisotopic (exact) mass is 486 g/mol. The van der Waals surface area contributed by atoms with Crippen molar-refractivity contribution in [1.29, 1.82) is 0 Å². The summed E-state index contributed by atoms with van der Waals surface area (Å²) in [5, 5.41) is 4.63. The van der Waals surface area contributed by atoms with Crippen LogP contribution in [-0.2, 0) is 0 Å². The molecule has 4 aromatic heterocycles. The van der Waals surface area contributed by atoms with Gasteiger partial charge in [-0.05, 0) is 42.5 Å². The van der Waals surface area contributed by atoms with Crippen molar-refractivity contribution in [3.63, 3.8) is 0 Å². The fourth-order valence-corrected chi connectivity index (χ4v) is 5.64. The lowest BCUT2D eigenvalue weighted by Gasteiger charge is -2.10. The third kappa shape index (κ3) is 3.04. The summed E-state index contributed by atoms with van der Waals surface area (Å²) in [4.78, 5) is 10.5. The Kier molecular flexibility index (Phi) is 4.49. The fourth-order valence-electron chi connectivity index (χ4n) is 5.64. The lowest BCUT2D eigenvalue weighted by Crippen LogP contribution is -2.01. The summed E-state index contributed by atoms with van der Waals surface area (Å²) >= 11 is 0. The van der Waals surface area contributed by atoms with Crippen molar-refractivity contribution in [2.24, 2.45) is 0 Å². The Labute approximate surface area is 219 Å². The molecule has 8 aromatic rings. The first kappa shape index (κ1) is 20.9. The molecule has 0 atom stereocenters. The van der Waals surface area contributed by atoms with Gasteiger partial charge >= 0.3 is 0 Å². The SMILES string of the molecule is c1ccc(-c2cccc(-n3c4ccccc4c4cc5c6ccccc6n(-c6ccccc6)c5nc43)n2)cc1. The van der Waals surface area contributed by atoms with Crippen LogP contribution in [0.1, 0.15) is 0 Å². The highest BCUT2D eigenvalue weighted by atomic mass is 15.1. The highest BCUT2D eigenvalue weighted by Gasteiger charge is 2.20. The molecule has 4 heterocycles. The van der Waals surface area contributed by atoms with E-state index in [0.29, 0.717) is 0 Å². The van der Waals surface area contributed by atoms with E-state index in [9.17, 15) is 0 Å². The number of rotatable bonds is 3. The van der Waals surface area contributed by atoms with Crippen LogP contribution < -0.4 is 0 Å². The molecular formula is C34H22N4. The minimum absolute atomic E-state index is 0.853. The van der Waals surface area contributed by atoms with E-state index in [1.807, 2.05) is 24.3 Å². The molecule has 0 unspecified atom stereocenters. The van der Waals surface area contributed by atoms with Crippen LogP contribution in [-0.4, -0.2) is 19.1 Å². The van der Waals surface area contributed by atoms with Gasteiger partial charge in [0.15, 0.2) is 0 Å². The normalized spacial score (nSPS) is 11.7. The Morgan fingerprint density at radius 2 is 1.00 bits per heavy atom. The summed E-state index contributed by atoms with van der Waals surface area (Å²) in [6, 6.07) is 46.4. The largest absolute Gasteiger partial charge is 0.294 e. The average Bonchev–Trinajstić information content (AvgIpc) is 3.49. The Morgan fingerprint density at radius 3 is 1.71 bits per heavy atom. The molecule has 0 radical (unpaired) electrons. The van der Waals surface area contributed by atoms with Crippen molar-refractivity contribution in [2.45, 2.75) is 0 Å². The first-order valence-corrected chi connectivity index (χ1v) is 12.8. The number of aromatic nitrogens is 4. The first-order chi connectivity index (χ1) is 18.9. The van der Waals surface area contributed by atoms with Crippen LogP contribution in [0, 0.1) is 0 Å². The molecule has 0 fully saturated rings. The van der Waals surface area contributed by atoms with Gasteiger partial charge in [0.05, 0.1) is 16.7 Å². The molecule has 0 saturated carbocycles. The number of fused-ring (bicyclic) bond motifs is 6. The highest BCUT2D eigenvalue weighted by molar-refractivity contribution is 6.16. The minimum Gasteiger partial charge on any atom is -0.294 e. The van der Waals surface area contributed by atoms with Crippen LogP contribution in [0.5, 0.6) is 0 Å². The predicted octanol–water partition coefficient (Wildman–Crippen LogP) is 8.34. The maximum absolute atomic E-state index is 5.39. The van der Waals surface area contributed by atoms with Crippen molar-refractivity contribution >= 4 is 43.9 Å². The number of hydrogen-bond acceptors (Lipinski definition) is 2. The smallest absolute Gasteiger partial charge is 0.149 e. The summed E-state index contributed by atoms with van der Waals surface area (Å²) in [5.74, 6) is 0.853. The molecule has 38 heavy (non-hydrogen) atoms. The van der Waals surface area contributed by atoms with E-state index < -0.39 is 0 Å². The van der Waals surface area contributed by atoms with Crippen molar-refractivity contribution in [3.8, 4) is 22.8 Å². The number of hydrogen-bond donors (Lipinski definition) is 0. The van der Waals surface area contributed by atoms with E-state index in [4.69, 9.17) is 9.97 Å². The molecule has 4 heteroatoms. The highest BCUT2D eigenvalue weighted by Crippen LogP contribution is 2.37. The van der Waals surface area contributed by atoms with E-state index in [1.54, 1.807) is 0 Å². The fraction of sp³-hybridized carbons (Fsp3) is 0. The maximum atomic E-state index is 5.39. The Hall–Kier alpha value is -5.22. The molecular weight excluding hydrogens is 464 g/mol. The predicted molar refractivity (Wildman–Crippen MR) is 156 cm³/mol. The zero-order valence-electron chi connectivity index (χ0n) is 20.5. The van der Waals surface area contributed by atoms with E-state index in [-0.39, 0.29) is 0 Å². The Bertz CT molecular complexity index is 2120. The first-order valence-electron chi connectivity index (χ1n) is 12.8. The van der Waals surface area contributed by atoms with Crippen LogP contribution in [0.3, 0.4) is 0 Å². The summed E-state index contributed by atoms with van der Waals surface area (Å²) in [6.07, 6.45) is 0. The molecule has 0 aliphatic carbocycles. The number of nitrogens with zero attached hydrogens (tertiary/aromatic N) is 4. The van der Waals surface area contributed by atoms with Gasteiger partial charge in [-0.25, -0.2) is 9.97 Å². The minimum atomic E-state index is 0.853. The maximum Gasteiger partial charge on any atom is 0.149 e. The quantitative estimate of drug-likeness (QED) is 0.252. The zero-order chi connectivity index (χ0) is 25.1. The van der Waals surface area contributed by atoms with Crippen LogP contribution in [0.2, 0.25) is 0 Å². The summed E-state index contributed by atoms with van der Waals surface area (Å²) in [7, 11) is 0. The van der Waals surface area contributed by atoms with Crippen molar-refractivity contribution < 1.29 is 0 Å². The van der Waals surface area contributed by atoms with Crippen molar-refractivity contribution in [2.75, 3.05) is 0 Å². The third-order valence-electron chi connectivity index (χ3n) is 7.32. The number of benzene rings is 4. The van der Waals surface area contributed by atoms with Gasteiger partial charge in [0.2, 0.25) is 0 Å². The van der Waals surface area contributed by atoms with E-state index in [2.05, 4.69) is 118 Å². The Balaban J connectivity index is 1.50. The van der Waals surface area contributed by atoms with Crippen LogP contribution in [0.4, 0.5) is 0 Å². The molecule has 0 aliphatic heterocycles. The second kappa shape index (κ2) is 8.15. The van der Waals surface area contributed by atoms with Crippen molar-refractivity contribution in [1.82, 2.24) is 19.1 Å². The Morgan fingerprint density at radius 1 is 0.421 bits per heavy atom. The van der Waals surface area contributed by atoms with Crippen LogP contribution in [0.25, 0.3) is 66.6 Å². The second-order valence-electron chi connectivity index (χ2n) is 9.52. The molecule has 0 saturated heterocycles. The van der Waals surface area contributed by atoms with Crippen molar-refractivity contribution in [3.05, 3.63) is 133 Å². The molecule has 0 spiro atoms. The van der Waals surface area contributed by atoms with Gasteiger partial charge in [0.25, 0.3) is 0 Å². The van der Waals surface area contributed by atoms with E-state index in [1.165, 1.54) is 10.8 Å². The van der Waals surface area contributed by atoms with E-state index in [0.717, 1.165) is 55.9 Å². The van der Waals surface area contributed by atoms with Gasteiger partial charge in [-0.2, -0.15) is 0 Å². The number of para-hydroxylation sites is 3.